The highest BCUT2D eigenvalue weighted by atomic mass is 16.5. The molecule has 1 atom stereocenters. The fourth-order valence-corrected chi connectivity index (χ4v) is 6.27. The molecule has 1 unspecified atom stereocenters. The lowest BCUT2D eigenvalue weighted by molar-refractivity contribution is -0.117. The van der Waals surface area contributed by atoms with Crippen LogP contribution in [0.1, 0.15) is 141 Å². The Morgan fingerprint density at radius 3 is 1.64 bits per heavy atom. The van der Waals surface area contributed by atoms with E-state index in [0.29, 0.717) is 17.1 Å². The Hall–Kier alpha value is -4.15. The van der Waals surface area contributed by atoms with Gasteiger partial charge in [0, 0.05) is 45.3 Å². The lowest BCUT2D eigenvalue weighted by Crippen LogP contribution is -2.29. The maximum atomic E-state index is 12.8. The van der Waals surface area contributed by atoms with Crippen LogP contribution in [-0.2, 0) is 14.3 Å². The van der Waals surface area contributed by atoms with Crippen molar-refractivity contribution in [3.05, 3.63) is 58.1 Å². The van der Waals surface area contributed by atoms with E-state index in [9.17, 15) is 29.1 Å². The first-order valence-electron chi connectivity index (χ1n) is 18.8. The Balaban J connectivity index is 0.000000270. The van der Waals surface area contributed by atoms with Gasteiger partial charge in [0.15, 0.2) is 0 Å². The van der Waals surface area contributed by atoms with Crippen molar-refractivity contribution in [1.82, 2.24) is 14.7 Å². The van der Waals surface area contributed by atoms with Crippen molar-refractivity contribution in [3.63, 3.8) is 0 Å². The van der Waals surface area contributed by atoms with E-state index >= 15 is 0 Å². The van der Waals surface area contributed by atoms with Crippen LogP contribution in [0, 0.1) is 0 Å². The number of hydrogen-bond donors (Lipinski definition) is 2. The summed E-state index contributed by atoms with van der Waals surface area (Å²) < 4.78 is 5.75. The van der Waals surface area contributed by atoms with E-state index in [4.69, 9.17) is 9.84 Å². The number of carbonyl (C=O) groups is 5. The number of rotatable bonds is 22. The summed E-state index contributed by atoms with van der Waals surface area (Å²) in [5, 5.41) is 18.6. The molecule has 3 fully saturated rings. The Labute approximate surface area is 296 Å². The van der Waals surface area contributed by atoms with E-state index in [2.05, 4.69) is 13.8 Å². The minimum Gasteiger partial charge on any atom is -0.478 e. The first kappa shape index (κ1) is 38.6. The average molecular weight is 694 g/mol. The maximum absolute atomic E-state index is 12.8. The smallest absolute Gasteiger partial charge is 0.339 e. The number of hydrogen-bond acceptors (Lipinski definition) is 9. The van der Waals surface area contributed by atoms with Crippen molar-refractivity contribution in [2.75, 3.05) is 39.3 Å². The molecule has 5 rings (SSSR count). The molecular formula is C39H55N3O8. The molecular weight excluding hydrogens is 638 g/mol. The number of ether oxygens (including phenoxy) is 1. The minimum atomic E-state index is -1.34. The Kier molecular flexibility index (Phi) is 14.9. The number of nitrogens with zero attached hydrogens (tertiary/aromatic N) is 3. The summed E-state index contributed by atoms with van der Waals surface area (Å²) in [6.07, 6.45) is 17.9. The molecule has 2 N–H and O–H groups in total. The molecule has 274 valence electrons. The molecule has 3 aliphatic heterocycles. The summed E-state index contributed by atoms with van der Waals surface area (Å²) in [6, 6.07) is 3.50. The van der Waals surface area contributed by atoms with Gasteiger partial charge in [-0.3, -0.25) is 9.59 Å². The number of carboxylic acids is 2. The van der Waals surface area contributed by atoms with Crippen molar-refractivity contribution in [2.24, 2.45) is 0 Å². The second-order valence-electron chi connectivity index (χ2n) is 13.7. The molecule has 11 heteroatoms. The fourth-order valence-electron chi connectivity index (χ4n) is 6.27. The first-order chi connectivity index (χ1) is 24.2. The van der Waals surface area contributed by atoms with E-state index in [1.54, 1.807) is 0 Å². The molecule has 0 bridgehead atoms. The van der Waals surface area contributed by atoms with Gasteiger partial charge in [-0.05, 0) is 43.9 Å². The zero-order chi connectivity index (χ0) is 36.0. The lowest BCUT2D eigenvalue weighted by Gasteiger charge is -2.21. The van der Waals surface area contributed by atoms with E-state index in [0.717, 1.165) is 83.9 Å². The zero-order valence-corrected chi connectivity index (χ0v) is 29.9. The predicted molar refractivity (Wildman–Crippen MR) is 190 cm³/mol. The molecule has 11 nitrogen and oxygen atoms in total. The number of carbonyl (C=O) groups excluding carboxylic acids is 3. The van der Waals surface area contributed by atoms with E-state index < -0.39 is 17.9 Å². The van der Waals surface area contributed by atoms with Gasteiger partial charge < -0.3 is 29.6 Å². The molecule has 1 aromatic rings. The average Bonchev–Trinajstić information content (AvgIpc) is 3.92. The van der Waals surface area contributed by atoms with Crippen LogP contribution in [0.4, 0.5) is 0 Å². The van der Waals surface area contributed by atoms with Gasteiger partial charge in [0.2, 0.25) is 11.6 Å². The number of carboxylic acid groups (broad SMARTS) is 2. The first-order valence-corrected chi connectivity index (χ1v) is 18.8. The van der Waals surface area contributed by atoms with Gasteiger partial charge in [0.25, 0.3) is 0 Å². The quantitative estimate of drug-likeness (QED) is 0.0581. The maximum Gasteiger partial charge on any atom is 0.339 e. The molecule has 1 aromatic carbocycles. The fraction of sp³-hybridized carbons (Fsp3) is 0.615. The van der Waals surface area contributed by atoms with E-state index in [-0.39, 0.29) is 34.4 Å². The van der Waals surface area contributed by atoms with Crippen LogP contribution in [-0.4, -0.2) is 99.8 Å². The molecule has 0 aromatic heterocycles. The zero-order valence-electron chi connectivity index (χ0n) is 29.9. The van der Waals surface area contributed by atoms with Gasteiger partial charge >= 0.3 is 17.9 Å². The van der Waals surface area contributed by atoms with Crippen LogP contribution in [0.25, 0.3) is 0 Å². The van der Waals surface area contributed by atoms with Crippen LogP contribution in [0.15, 0.2) is 41.4 Å². The predicted octanol–water partition coefficient (Wildman–Crippen LogP) is 6.68. The van der Waals surface area contributed by atoms with Crippen molar-refractivity contribution in [3.8, 4) is 0 Å². The normalized spacial score (nSPS) is 16.8. The van der Waals surface area contributed by atoms with Crippen LogP contribution in [0.3, 0.4) is 0 Å². The third-order valence-corrected chi connectivity index (χ3v) is 9.49. The monoisotopic (exact) mass is 693 g/mol. The van der Waals surface area contributed by atoms with Crippen molar-refractivity contribution < 1.29 is 38.9 Å². The highest BCUT2D eigenvalue weighted by Gasteiger charge is 2.43. The van der Waals surface area contributed by atoms with Gasteiger partial charge in [-0.1, -0.05) is 84.5 Å². The molecule has 1 aliphatic carbocycles. The largest absolute Gasteiger partial charge is 0.478 e. The highest BCUT2D eigenvalue weighted by Crippen LogP contribution is 2.34. The van der Waals surface area contributed by atoms with Crippen molar-refractivity contribution in [1.29, 1.82) is 0 Å². The standard InChI is InChI=1S/C27H42O6.C12H13N3O2/c1-3-5-7-9-11-13-15-17-22(16-14-12-10-8-6-4-2)33-27(32)23-19-18-21(25(28)29)20-24(23)26(30)31;16-9-7-8(13-1-2-13)12(17)11(15-5-6-15)10(9)14-3-4-14/h18-20,22H,3-17H2,1-2H3,(H,28,29)(H,30,31);7H,1-6H2. The number of Topliss-reactive ketones (excluding diaryl/α,β-unsaturated/α-hetero) is 1. The molecule has 0 spiro atoms. The molecule has 0 radical (unpaired) electrons. The summed E-state index contributed by atoms with van der Waals surface area (Å²) in [5.74, 6) is -3.22. The summed E-state index contributed by atoms with van der Waals surface area (Å²) in [4.78, 5) is 66.0. The van der Waals surface area contributed by atoms with Crippen LogP contribution in [0.2, 0.25) is 0 Å². The van der Waals surface area contributed by atoms with Gasteiger partial charge in [-0.2, -0.15) is 0 Å². The number of unbranched alkanes of at least 4 members (excludes halogenated alkanes) is 11. The summed E-state index contributed by atoms with van der Waals surface area (Å²) in [5.41, 5.74) is 1.28. The number of ketones is 2. The van der Waals surface area contributed by atoms with Crippen LogP contribution in [0.5, 0.6) is 0 Å². The van der Waals surface area contributed by atoms with Crippen LogP contribution >= 0.6 is 0 Å². The minimum absolute atomic E-state index is 0.00546. The van der Waals surface area contributed by atoms with Gasteiger partial charge in [0.05, 0.1) is 22.4 Å². The van der Waals surface area contributed by atoms with Crippen molar-refractivity contribution >= 4 is 29.5 Å². The molecule has 3 saturated heterocycles. The van der Waals surface area contributed by atoms with Gasteiger partial charge in [-0.15, -0.1) is 0 Å². The summed E-state index contributed by atoms with van der Waals surface area (Å²) in [7, 11) is 0. The summed E-state index contributed by atoms with van der Waals surface area (Å²) in [6.45, 7) is 9.79. The topological polar surface area (TPSA) is 144 Å². The number of benzene rings is 1. The Morgan fingerprint density at radius 1 is 0.660 bits per heavy atom. The Morgan fingerprint density at radius 2 is 1.16 bits per heavy atom. The highest BCUT2D eigenvalue weighted by molar-refractivity contribution is 6.22. The van der Waals surface area contributed by atoms with Gasteiger partial charge in [0.1, 0.15) is 17.5 Å². The van der Waals surface area contributed by atoms with Crippen molar-refractivity contribution in [2.45, 2.75) is 116 Å². The second kappa shape index (κ2) is 19.3. The van der Waals surface area contributed by atoms with E-state index in [1.165, 1.54) is 76.0 Å². The lowest BCUT2D eigenvalue weighted by atomic mass is 10.0. The molecule has 0 amide bonds. The third-order valence-electron chi connectivity index (χ3n) is 9.49. The van der Waals surface area contributed by atoms with Gasteiger partial charge in [-0.25, -0.2) is 14.4 Å². The second-order valence-corrected chi connectivity index (χ2v) is 13.7. The molecule has 3 heterocycles. The number of aromatic carboxylic acids is 2. The third kappa shape index (κ3) is 11.7. The number of esters is 1. The molecule has 0 saturated carbocycles. The van der Waals surface area contributed by atoms with Crippen LogP contribution < -0.4 is 0 Å². The SMILES string of the molecule is CCCCCCCCCC(CCCCCCCC)OC(=O)c1ccc(C(=O)O)cc1C(=O)O.O=C1C=C(N2CC2)C(=O)C(N2CC2)=C1N1CC1. The molecule has 50 heavy (non-hydrogen) atoms. The van der Waals surface area contributed by atoms with E-state index in [1.807, 2.05) is 14.7 Å². The summed E-state index contributed by atoms with van der Waals surface area (Å²) >= 11 is 0. The Bertz CT molecular complexity index is 1440. The molecule has 4 aliphatic rings. The number of allylic oxidation sites excluding steroid dienone is 1.